The average Bonchev–Trinajstić information content (AvgIpc) is 2.38. The number of aromatic nitrogens is 1. The number of ether oxygens (including phenoxy) is 3. The second kappa shape index (κ2) is 7.11. The SMILES string of the molecule is CCOC(=O)Cc1cnc(OC(F)(F)F)c(OC)c1CN. The lowest BCUT2D eigenvalue weighted by Crippen LogP contribution is -2.20. The van der Waals surface area contributed by atoms with E-state index in [9.17, 15) is 18.0 Å². The van der Waals surface area contributed by atoms with Crippen molar-refractivity contribution < 1.29 is 32.2 Å². The number of carbonyl (C=O) groups excluding carboxylic acids is 1. The molecule has 1 aromatic rings. The summed E-state index contributed by atoms with van der Waals surface area (Å²) in [6, 6.07) is 0. The first-order valence-electron chi connectivity index (χ1n) is 5.98. The molecule has 0 bridgehead atoms. The molecule has 0 aromatic carbocycles. The first-order valence-corrected chi connectivity index (χ1v) is 5.98. The van der Waals surface area contributed by atoms with Gasteiger partial charge >= 0.3 is 12.3 Å². The largest absolute Gasteiger partial charge is 0.574 e. The number of carbonyl (C=O) groups is 1. The third-order valence-electron chi connectivity index (χ3n) is 2.45. The maximum absolute atomic E-state index is 12.3. The van der Waals surface area contributed by atoms with Gasteiger partial charge in [-0.15, -0.1) is 13.2 Å². The molecule has 0 amide bonds. The summed E-state index contributed by atoms with van der Waals surface area (Å²) in [6.07, 6.45) is -3.99. The Hall–Kier alpha value is -2.03. The summed E-state index contributed by atoms with van der Waals surface area (Å²) in [5.41, 5.74) is 6.04. The summed E-state index contributed by atoms with van der Waals surface area (Å²) in [5.74, 6) is -1.55. The van der Waals surface area contributed by atoms with Gasteiger partial charge in [0, 0.05) is 18.3 Å². The molecule has 0 aliphatic rings. The van der Waals surface area contributed by atoms with Crippen molar-refractivity contribution in [3.05, 3.63) is 17.3 Å². The minimum Gasteiger partial charge on any atom is -0.491 e. The number of rotatable bonds is 6. The second-order valence-corrected chi connectivity index (χ2v) is 3.83. The van der Waals surface area contributed by atoms with E-state index in [1.54, 1.807) is 6.92 Å². The van der Waals surface area contributed by atoms with E-state index in [0.717, 1.165) is 13.3 Å². The number of hydrogen-bond donors (Lipinski definition) is 1. The molecule has 0 atom stereocenters. The molecule has 1 rings (SSSR count). The van der Waals surface area contributed by atoms with Gasteiger partial charge in [0.05, 0.1) is 20.1 Å². The van der Waals surface area contributed by atoms with E-state index < -0.39 is 18.2 Å². The molecule has 0 aliphatic heterocycles. The summed E-state index contributed by atoms with van der Waals surface area (Å²) in [5, 5.41) is 0. The molecule has 0 radical (unpaired) electrons. The van der Waals surface area contributed by atoms with Gasteiger partial charge in [0.1, 0.15) is 0 Å². The highest BCUT2D eigenvalue weighted by Crippen LogP contribution is 2.34. The Kier molecular flexibility index (Phi) is 5.77. The minimum absolute atomic E-state index is 0.144. The highest BCUT2D eigenvalue weighted by atomic mass is 19.4. The number of nitrogens with zero attached hydrogens (tertiary/aromatic N) is 1. The molecular formula is C12H15F3N2O4. The number of methoxy groups -OCH3 is 1. The third-order valence-corrected chi connectivity index (χ3v) is 2.45. The molecule has 1 aromatic heterocycles. The zero-order valence-electron chi connectivity index (χ0n) is 11.5. The summed E-state index contributed by atoms with van der Waals surface area (Å²) >= 11 is 0. The molecule has 6 nitrogen and oxygen atoms in total. The Morgan fingerprint density at radius 3 is 2.57 bits per heavy atom. The number of nitrogens with two attached hydrogens (primary N) is 1. The van der Waals surface area contributed by atoms with E-state index in [1.807, 2.05) is 0 Å². The number of pyridine rings is 1. The maximum Gasteiger partial charge on any atom is 0.574 e. The van der Waals surface area contributed by atoms with E-state index >= 15 is 0 Å². The fraction of sp³-hybridized carbons (Fsp3) is 0.500. The maximum atomic E-state index is 12.3. The van der Waals surface area contributed by atoms with Gasteiger partial charge < -0.3 is 19.9 Å². The standard InChI is InChI=1S/C12H15F3N2O4/c1-3-20-9(18)4-7-6-17-11(21-12(13,14)15)10(19-2)8(7)5-16/h6H,3-5,16H2,1-2H3. The van der Waals surface area contributed by atoms with Crippen LogP contribution in [-0.4, -0.2) is 31.0 Å². The van der Waals surface area contributed by atoms with Crippen LogP contribution in [0.3, 0.4) is 0 Å². The van der Waals surface area contributed by atoms with Crippen molar-refractivity contribution in [2.24, 2.45) is 5.73 Å². The van der Waals surface area contributed by atoms with Crippen LogP contribution in [0.15, 0.2) is 6.20 Å². The number of hydrogen-bond acceptors (Lipinski definition) is 6. The van der Waals surface area contributed by atoms with Crippen LogP contribution >= 0.6 is 0 Å². The Balaban J connectivity index is 3.16. The van der Waals surface area contributed by atoms with Crippen molar-refractivity contribution in [3.8, 4) is 11.6 Å². The predicted octanol–water partition coefficient (Wildman–Crippen LogP) is 1.55. The zero-order valence-corrected chi connectivity index (χ0v) is 11.5. The van der Waals surface area contributed by atoms with Crippen LogP contribution in [0.4, 0.5) is 13.2 Å². The molecule has 0 fully saturated rings. The van der Waals surface area contributed by atoms with Crippen molar-refractivity contribution >= 4 is 5.97 Å². The lowest BCUT2D eigenvalue weighted by molar-refractivity contribution is -0.276. The molecule has 1 heterocycles. The van der Waals surface area contributed by atoms with Crippen LogP contribution in [0, 0.1) is 0 Å². The number of halogens is 3. The van der Waals surface area contributed by atoms with Gasteiger partial charge in [-0.25, -0.2) is 4.98 Å². The zero-order chi connectivity index (χ0) is 16.0. The Morgan fingerprint density at radius 2 is 2.10 bits per heavy atom. The number of alkyl halides is 3. The number of esters is 1. The third kappa shape index (κ3) is 4.78. The van der Waals surface area contributed by atoms with Gasteiger partial charge in [0.2, 0.25) is 0 Å². The van der Waals surface area contributed by atoms with Crippen molar-refractivity contribution in [1.29, 1.82) is 0 Å². The smallest absolute Gasteiger partial charge is 0.491 e. The lowest BCUT2D eigenvalue weighted by atomic mass is 10.1. The van der Waals surface area contributed by atoms with Crippen LogP contribution in [0.5, 0.6) is 11.6 Å². The van der Waals surface area contributed by atoms with Gasteiger partial charge in [-0.3, -0.25) is 4.79 Å². The second-order valence-electron chi connectivity index (χ2n) is 3.83. The normalized spacial score (nSPS) is 11.1. The molecule has 0 unspecified atom stereocenters. The molecule has 2 N–H and O–H groups in total. The summed E-state index contributed by atoms with van der Waals surface area (Å²) < 4.78 is 50.3. The summed E-state index contributed by atoms with van der Waals surface area (Å²) in [6.45, 7) is 1.69. The van der Waals surface area contributed by atoms with Gasteiger partial charge in [-0.1, -0.05) is 0 Å². The van der Waals surface area contributed by atoms with Crippen LogP contribution < -0.4 is 15.2 Å². The first-order chi connectivity index (χ1) is 9.82. The van der Waals surface area contributed by atoms with Crippen LogP contribution in [0.25, 0.3) is 0 Å². The Labute approximate surface area is 119 Å². The van der Waals surface area contributed by atoms with Gasteiger partial charge in [-0.05, 0) is 12.5 Å². The molecule has 118 valence electrons. The van der Waals surface area contributed by atoms with Crippen LogP contribution in [0.1, 0.15) is 18.1 Å². The molecule has 21 heavy (non-hydrogen) atoms. The molecule has 0 saturated heterocycles. The van der Waals surface area contributed by atoms with E-state index in [4.69, 9.17) is 15.2 Å². The first kappa shape index (κ1) is 17.0. The summed E-state index contributed by atoms with van der Waals surface area (Å²) in [7, 11) is 1.16. The monoisotopic (exact) mass is 308 g/mol. The minimum atomic E-state index is -4.91. The van der Waals surface area contributed by atoms with E-state index in [2.05, 4.69) is 9.72 Å². The summed E-state index contributed by atoms with van der Waals surface area (Å²) in [4.78, 5) is 15.0. The molecule has 0 spiro atoms. The van der Waals surface area contributed by atoms with Crippen molar-refractivity contribution in [2.75, 3.05) is 13.7 Å². The fourth-order valence-electron chi connectivity index (χ4n) is 1.68. The quantitative estimate of drug-likeness (QED) is 0.803. The Bertz CT molecular complexity index is 506. The van der Waals surface area contributed by atoms with Crippen LogP contribution in [0.2, 0.25) is 0 Å². The van der Waals surface area contributed by atoms with Crippen LogP contribution in [-0.2, 0) is 22.5 Å². The highest BCUT2D eigenvalue weighted by molar-refractivity contribution is 5.73. The highest BCUT2D eigenvalue weighted by Gasteiger charge is 2.34. The lowest BCUT2D eigenvalue weighted by Gasteiger charge is -2.16. The molecule has 0 saturated carbocycles. The fourth-order valence-corrected chi connectivity index (χ4v) is 1.68. The average molecular weight is 308 g/mol. The molecular weight excluding hydrogens is 293 g/mol. The van der Waals surface area contributed by atoms with E-state index in [0.29, 0.717) is 5.56 Å². The van der Waals surface area contributed by atoms with Crippen molar-refractivity contribution in [1.82, 2.24) is 4.98 Å². The van der Waals surface area contributed by atoms with Gasteiger partial charge in [0.25, 0.3) is 5.88 Å². The topological polar surface area (TPSA) is 83.7 Å². The predicted molar refractivity (Wildman–Crippen MR) is 65.7 cm³/mol. The van der Waals surface area contributed by atoms with Gasteiger partial charge in [0.15, 0.2) is 5.75 Å². The van der Waals surface area contributed by atoms with E-state index in [1.165, 1.54) is 0 Å². The molecule has 0 aliphatic carbocycles. The van der Waals surface area contributed by atoms with Gasteiger partial charge in [-0.2, -0.15) is 0 Å². The van der Waals surface area contributed by atoms with Crippen molar-refractivity contribution in [3.63, 3.8) is 0 Å². The van der Waals surface area contributed by atoms with E-state index in [-0.39, 0.29) is 30.9 Å². The Morgan fingerprint density at radius 1 is 1.43 bits per heavy atom. The van der Waals surface area contributed by atoms with Crippen molar-refractivity contribution in [2.45, 2.75) is 26.3 Å². The molecule has 9 heteroatoms.